The van der Waals surface area contributed by atoms with E-state index in [0.29, 0.717) is 12.2 Å². The summed E-state index contributed by atoms with van der Waals surface area (Å²) in [5, 5.41) is 2.96. The van der Waals surface area contributed by atoms with Gasteiger partial charge in [0.25, 0.3) is 0 Å². The van der Waals surface area contributed by atoms with Crippen LogP contribution in [0.25, 0.3) is 0 Å². The van der Waals surface area contributed by atoms with E-state index in [1.807, 2.05) is 24.4 Å². The lowest BCUT2D eigenvalue weighted by atomic mass is 9.70. The lowest BCUT2D eigenvalue weighted by Gasteiger charge is -2.32. The Hall–Kier alpha value is -1.82. The van der Waals surface area contributed by atoms with E-state index < -0.39 is 11.4 Å². The largest absolute Gasteiger partial charge is 0.463 e. The first-order valence-corrected chi connectivity index (χ1v) is 8.65. The van der Waals surface area contributed by atoms with Gasteiger partial charge >= 0.3 is 5.97 Å². The molecule has 0 aromatic heterocycles. The van der Waals surface area contributed by atoms with Crippen molar-refractivity contribution in [3.8, 4) is 0 Å². The second-order valence-corrected chi connectivity index (χ2v) is 7.03. The molecule has 4 rings (SSSR count). The fourth-order valence-electron chi connectivity index (χ4n) is 4.17. The highest BCUT2D eigenvalue weighted by molar-refractivity contribution is 9.10. The summed E-state index contributed by atoms with van der Waals surface area (Å²) in [6.07, 6.45) is 3.75. The minimum Gasteiger partial charge on any atom is -0.463 e. The number of carbonyl (C=O) groups excluding carboxylic acids is 2. The van der Waals surface area contributed by atoms with E-state index in [1.54, 1.807) is 6.92 Å². The number of benzene rings is 1. The normalized spacial score (nSPS) is 27.7. The molecule has 1 spiro atoms. The number of esters is 1. The summed E-state index contributed by atoms with van der Waals surface area (Å²) in [5.41, 5.74) is 1.15. The fourth-order valence-corrected chi connectivity index (χ4v) is 4.53. The standard InChI is InChI=1S/C17H17BrN2O3/c1-2-23-15(21)12-9-20-7-3-4-14(20)17(12)11-8-10(18)5-6-13(11)19-16(17)22/h5-6,8-9,14H,2-4,7H2,1H3,(H,19,22). The van der Waals surface area contributed by atoms with Crippen LogP contribution in [0.15, 0.2) is 34.4 Å². The molecule has 23 heavy (non-hydrogen) atoms. The van der Waals surface area contributed by atoms with Crippen molar-refractivity contribution in [2.45, 2.75) is 31.2 Å². The SMILES string of the molecule is CCOC(=O)C1=CN2CCCC2C12C(=O)Nc1ccc(Br)cc12. The van der Waals surface area contributed by atoms with E-state index >= 15 is 0 Å². The van der Waals surface area contributed by atoms with Crippen LogP contribution >= 0.6 is 15.9 Å². The van der Waals surface area contributed by atoms with Crippen LogP contribution < -0.4 is 5.32 Å². The number of nitrogens with zero attached hydrogens (tertiary/aromatic N) is 1. The topological polar surface area (TPSA) is 58.6 Å². The number of hydrogen-bond acceptors (Lipinski definition) is 4. The molecule has 3 aliphatic rings. The quantitative estimate of drug-likeness (QED) is 0.805. The number of fused-ring (bicyclic) bond motifs is 4. The molecule has 1 fully saturated rings. The first kappa shape index (κ1) is 14.8. The Morgan fingerprint density at radius 1 is 1.52 bits per heavy atom. The maximum absolute atomic E-state index is 13.0. The Kier molecular flexibility index (Phi) is 3.27. The summed E-state index contributed by atoms with van der Waals surface area (Å²) >= 11 is 3.49. The second-order valence-electron chi connectivity index (χ2n) is 6.11. The summed E-state index contributed by atoms with van der Waals surface area (Å²) in [5.74, 6) is -0.524. The highest BCUT2D eigenvalue weighted by Gasteiger charge is 2.62. The number of carbonyl (C=O) groups is 2. The van der Waals surface area contributed by atoms with Crippen LogP contribution in [0.4, 0.5) is 5.69 Å². The van der Waals surface area contributed by atoms with Gasteiger partial charge in [-0.15, -0.1) is 0 Å². The summed E-state index contributed by atoms with van der Waals surface area (Å²) in [4.78, 5) is 27.7. The number of rotatable bonds is 2. The van der Waals surface area contributed by atoms with Crippen LogP contribution in [0, 0.1) is 0 Å². The van der Waals surface area contributed by atoms with Crippen molar-refractivity contribution in [1.29, 1.82) is 0 Å². The Morgan fingerprint density at radius 3 is 3.13 bits per heavy atom. The van der Waals surface area contributed by atoms with Crippen molar-refractivity contribution < 1.29 is 14.3 Å². The van der Waals surface area contributed by atoms with E-state index in [-0.39, 0.29) is 11.9 Å². The van der Waals surface area contributed by atoms with E-state index in [9.17, 15) is 9.59 Å². The van der Waals surface area contributed by atoms with Gasteiger partial charge in [-0.1, -0.05) is 15.9 Å². The van der Waals surface area contributed by atoms with Gasteiger partial charge in [0.1, 0.15) is 5.41 Å². The molecule has 1 amide bonds. The number of anilines is 1. The molecule has 0 aliphatic carbocycles. The summed E-state index contributed by atoms with van der Waals surface area (Å²) in [6.45, 7) is 2.94. The van der Waals surface area contributed by atoms with Gasteiger partial charge < -0.3 is 15.0 Å². The molecule has 1 saturated heterocycles. The summed E-state index contributed by atoms with van der Waals surface area (Å²) in [6, 6.07) is 5.71. The van der Waals surface area contributed by atoms with Crippen LogP contribution in [0.3, 0.4) is 0 Å². The number of halogens is 1. The number of nitrogens with one attached hydrogen (secondary N) is 1. The van der Waals surface area contributed by atoms with Gasteiger partial charge in [-0.05, 0) is 43.5 Å². The van der Waals surface area contributed by atoms with Gasteiger partial charge in [-0.25, -0.2) is 4.79 Å². The van der Waals surface area contributed by atoms with Crippen LogP contribution in [0.1, 0.15) is 25.3 Å². The van der Waals surface area contributed by atoms with Crippen molar-refractivity contribution in [3.63, 3.8) is 0 Å². The monoisotopic (exact) mass is 376 g/mol. The van der Waals surface area contributed by atoms with E-state index in [1.165, 1.54) is 0 Å². The smallest absolute Gasteiger partial charge is 0.337 e. The molecule has 3 aliphatic heterocycles. The van der Waals surface area contributed by atoms with Crippen molar-refractivity contribution >= 4 is 33.5 Å². The van der Waals surface area contributed by atoms with E-state index in [2.05, 4.69) is 26.1 Å². The zero-order chi connectivity index (χ0) is 16.2. The second kappa shape index (κ2) is 5.09. The average molecular weight is 377 g/mol. The van der Waals surface area contributed by atoms with Crippen LogP contribution in [0.5, 0.6) is 0 Å². The lowest BCUT2D eigenvalue weighted by molar-refractivity contribution is -0.140. The molecule has 3 heterocycles. The molecular weight excluding hydrogens is 360 g/mol. The van der Waals surface area contributed by atoms with Gasteiger partial charge in [0.2, 0.25) is 5.91 Å². The molecule has 2 atom stereocenters. The van der Waals surface area contributed by atoms with Crippen LogP contribution in [-0.2, 0) is 19.7 Å². The molecule has 1 aromatic carbocycles. The maximum Gasteiger partial charge on any atom is 0.337 e. The molecule has 0 saturated carbocycles. The van der Waals surface area contributed by atoms with Crippen LogP contribution in [0.2, 0.25) is 0 Å². The number of amides is 1. The molecular formula is C17H17BrN2O3. The minimum absolute atomic E-state index is 0.0162. The first-order chi connectivity index (χ1) is 11.1. The lowest BCUT2D eigenvalue weighted by Crippen LogP contribution is -2.48. The summed E-state index contributed by atoms with van der Waals surface area (Å²) < 4.78 is 6.14. The van der Waals surface area contributed by atoms with Crippen molar-refractivity contribution in [2.75, 3.05) is 18.5 Å². The minimum atomic E-state index is -0.956. The Balaban J connectivity index is 1.93. The third-order valence-corrected chi connectivity index (χ3v) is 5.52. The van der Waals surface area contributed by atoms with Gasteiger partial charge in [0.15, 0.2) is 0 Å². The third kappa shape index (κ3) is 1.84. The predicted molar refractivity (Wildman–Crippen MR) is 88.9 cm³/mol. The molecule has 5 nitrogen and oxygen atoms in total. The maximum atomic E-state index is 13.0. The predicted octanol–water partition coefficient (Wildman–Crippen LogP) is 2.56. The highest BCUT2D eigenvalue weighted by atomic mass is 79.9. The highest BCUT2D eigenvalue weighted by Crippen LogP contribution is 2.54. The molecule has 2 unspecified atom stereocenters. The molecule has 1 N–H and O–H groups in total. The summed E-state index contributed by atoms with van der Waals surface area (Å²) in [7, 11) is 0. The number of ether oxygens (including phenoxy) is 1. The van der Waals surface area contributed by atoms with Gasteiger partial charge in [0, 0.05) is 22.9 Å². The van der Waals surface area contributed by atoms with Gasteiger partial charge in [-0.3, -0.25) is 4.79 Å². The fraction of sp³-hybridized carbons (Fsp3) is 0.412. The Morgan fingerprint density at radius 2 is 2.35 bits per heavy atom. The van der Waals surface area contributed by atoms with E-state index in [4.69, 9.17) is 4.74 Å². The van der Waals surface area contributed by atoms with Crippen molar-refractivity contribution in [1.82, 2.24) is 4.90 Å². The number of hydrogen-bond donors (Lipinski definition) is 1. The molecule has 6 heteroatoms. The Bertz CT molecular complexity index is 745. The molecule has 1 aromatic rings. The molecule has 120 valence electrons. The average Bonchev–Trinajstić information content (AvgIpc) is 3.15. The van der Waals surface area contributed by atoms with Crippen LogP contribution in [-0.4, -0.2) is 36.0 Å². The van der Waals surface area contributed by atoms with Crippen molar-refractivity contribution in [3.05, 3.63) is 40.0 Å². The zero-order valence-corrected chi connectivity index (χ0v) is 14.4. The van der Waals surface area contributed by atoms with E-state index in [0.717, 1.165) is 35.1 Å². The molecule has 0 bridgehead atoms. The Labute approximate surface area is 142 Å². The zero-order valence-electron chi connectivity index (χ0n) is 12.8. The van der Waals surface area contributed by atoms with Crippen molar-refractivity contribution in [2.24, 2.45) is 0 Å². The van der Waals surface area contributed by atoms with Gasteiger partial charge in [-0.2, -0.15) is 0 Å². The molecule has 0 radical (unpaired) electrons. The first-order valence-electron chi connectivity index (χ1n) is 7.85. The third-order valence-electron chi connectivity index (χ3n) is 5.02. The van der Waals surface area contributed by atoms with Gasteiger partial charge in [0.05, 0.1) is 18.2 Å².